The zero-order valence-corrected chi connectivity index (χ0v) is 16.0. The zero-order valence-electron chi connectivity index (χ0n) is 14.4. The number of amides is 2. The first-order valence-electron chi connectivity index (χ1n) is 8.08. The summed E-state index contributed by atoms with van der Waals surface area (Å²) in [7, 11) is 0. The van der Waals surface area contributed by atoms with E-state index in [9.17, 15) is 9.59 Å². The van der Waals surface area contributed by atoms with Gasteiger partial charge in [-0.25, -0.2) is 4.98 Å². The van der Waals surface area contributed by atoms with Crippen LogP contribution in [0.25, 0.3) is 17.3 Å². The first kappa shape index (κ1) is 18.8. The van der Waals surface area contributed by atoms with E-state index in [1.165, 1.54) is 24.3 Å². The minimum absolute atomic E-state index is 0.118. The Labute approximate surface area is 165 Å². The monoisotopic (exact) mass is 397 g/mol. The molecule has 5 nitrogen and oxygen atoms in total. The van der Waals surface area contributed by atoms with Crippen molar-refractivity contribution in [1.29, 1.82) is 0 Å². The van der Waals surface area contributed by atoms with Crippen LogP contribution in [0.4, 0.5) is 10.8 Å². The normalized spacial score (nSPS) is 10.7. The lowest BCUT2D eigenvalue weighted by molar-refractivity contribution is -0.114. The van der Waals surface area contributed by atoms with Crippen LogP contribution in [0.5, 0.6) is 0 Å². The molecule has 0 aliphatic rings. The molecule has 0 aliphatic heterocycles. The van der Waals surface area contributed by atoms with Crippen LogP contribution in [-0.4, -0.2) is 16.8 Å². The molecular weight excluding hydrogens is 382 g/mol. The molecule has 0 unspecified atom stereocenters. The molecule has 136 valence electrons. The van der Waals surface area contributed by atoms with E-state index in [4.69, 9.17) is 11.6 Å². The standard InChI is InChI=1S/C20H16ClN3O2S/c1-13(25)22-17-8-6-15(7-9-17)18-12-27-20(23-18)24-19(26)10-5-14-3-2-4-16(21)11-14/h2-12H,1H3,(H,22,25)(H,23,24,26)/b10-5+. The van der Waals surface area contributed by atoms with Crippen molar-refractivity contribution in [3.05, 3.63) is 70.6 Å². The Hall–Kier alpha value is -2.96. The lowest BCUT2D eigenvalue weighted by atomic mass is 10.1. The van der Waals surface area contributed by atoms with E-state index in [0.717, 1.165) is 22.5 Å². The molecule has 1 heterocycles. The van der Waals surface area contributed by atoms with Gasteiger partial charge in [-0.15, -0.1) is 11.3 Å². The van der Waals surface area contributed by atoms with E-state index in [2.05, 4.69) is 15.6 Å². The molecule has 2 N–H and O–H groups in total. The number of benzene rings is 2. The number of hydrogen-bond donors (Lipinski definition) is 2. The molecule has 2 amide bonds. The van der Waals surface area contributed by atoms with E-state index in [1.807, 2.05) is 41.8 Å². The van der Waals surface area contributed by atoms with Crippen LogP contribution in [0.15, 0.2) is 60.0 Å². The van der Waals surface area contributed by atoms with E-state index >= 15 is 0 Å². The minimum atomic E-state index is -0.267. The van der Waals surface area contributed by atoms with Crippen molar-refractivity contribution in [3.8, 4) is 11.3 Å². The highest BCUT2D eigenvalue weighted by molar-refractivity contribution is 7.14. The van der Waals surface area contributed by atoms with Gasteiger partial charge in [0.1, 0.15) is 0 Å². The highest BCUT2D eigenvalue weighted by atomic mass is 35.5. The molecule has 2 aromatic carbocycles. The molecule has 27 heavy (non-hydrogen) atoms. The van der Waals surface area contributed by atoms with Gasteiger partial charge >= 0.3 is 0 Å². The Morgan fingerprint density at radius 2 is 1.89 bits per heavy atom. The number of nitrogens with one attached hydrogen (secondary N) is 2. The molecule has 0 saturated heterocycles. The Balaban J connectivity index is 1.63. The summed E-state index contributed by atoms with van der Waals surface area (Å²) in [5.41, 5.74) is 3.22. The third kappa shape index (κ3) is 5.51. The van der Waals surface area contributed by atoms with Crippen molar-refractivity contribution in [2.24, 2.45) is 0 Å². The number of aromatic nitrogens is 1. The fourth-order valence-electron chi connectivity index (χ4n) is 2.32. The molecule has 0 radical (unpaired) electrons. The van der Waals surface area contributed by atoms with Crippen LogP contribution < -0.4 is 10.6 Å². The summed E-state index contributed by atoms with van der Waals surface area (Å²) in [6, 6.07) is 14.6. The molecule has 3 rings (SSSR count). The fourth-order valence-corrected chi connectivity index (χ4v) is 3.24. The lowest BCUT2D eigenvalue weighted by Crippen LogP contribution is -2.07. The molecule has 1 aromatic heterocycles. The first-order valence-corrected chi connectivity index (χ1v) is 9.33. The maximum Gasteiger partial charge on any atom is 0.250 e. The second kappa shape index (κ2) is 8.62. The average molecular weight is 398 g/mol. The maximum atomic E-state index is 12.1. The highest BCUT2D eigenvalue weighted by Crippen LogP contribution is 2.26. The number of carbonyl (C=O) groups is 2. The van der Waals surface area contributed by atoms with Gasteiger partial charge in [-0.1, -0.05) is 35.9 Å². The Kier molecular flexibility index (Phi) is 6.01. The van der Waals surface area contributed by atoms with Crippen LogP contribution in [0, 0.1) is 0 Å². The predicted octanol–water partition coefficient (Wildman–Crippen LogP) is 5.07. The molecule has 0 spiro atoms. The summed E-state index contributed by atoms with van der Waals surface area (Å²) in [5, 5.41) is 8.46. The summed E-state index contributed by atoms with van der Waals surface area (Å²) in [4.78, 5) is 27.5. The van der Waals surface area contributed by atoms with Gasteiger partial charge in [-0.2, -0.15) is 0 Å². The van der Waals surface area contributed by atoms with E-state index < -0.39 is 0 Å². The minimum Gasteiger partial charge on any atom is -0.326 e. The summed E-state index contributed by atoms with van der Waals surface area (Å²) in [6.07, 6.45) is 3.13. The van der Waals surface area contributed by atoms with Crippen molar-refractivity contribution >= 4 is 51.6 Å². The second-order valence-corrected chi connectivity index (χ2v) is 6.97. The third-order valence-electron chi connectivity index (χ3n) is 3.51. The number of halogens is 1. The van der Waals surface area contributed by atoms with Crippen LogP contribution in [0.3, 0.4) is 0 Å². The van der Waals surface area contributed by atoms with Crippen molar-refractivity contribution in [2.45, 2.75) is 6.92 Å². The molecule has 0 aliphatic carbocycles. The molecular formula is C20H16ClN3O2S. The largest absolute Gasteiger partial charge is 0.326 e. The fraction of sp³-hybridized carbons (Fsp3) is 0.0500. The van der Waals surface area contributed by atoms with E-state index in [-0.39, 0.29) is 11.8 Å². The molecule has 7 heteroatoms. The lowest BCUT2D eigenvalue weighted by Gasteiger charge is -2.02. The van der Waals surface area contributed by atoms with Gasteiger partial charge in [-0.05, 0) is 35.9 Å². The van der Waals surface area contributed by atoms with Crippen LogP contribution in [0.2, 0.25) is 5.02 Å². The van der Waals surface area contributed by atoms with Gasteiger partial charge < -0.3 is 5.32 Å². The zero-order chi connectivity index (χ0) is 19.2. The summed E-state index contributed by atoms with van der Waals surface area (Å²) < 4.78 is 0. The number of carbonyl (C=O) groups excluding carboxylic acids is 2. The number of anilines is 2. The van der Waals surface area contributed by atoms with Crippen molar-refractivity contribution in [1.82, 2.24) is 4.98 Å². The Morgan fingerprint density at radius 1 is 1.11 bits per heavy atom. The Morgan fingerprint density at radius 3 is 2.59 bits per heavy atom. The number of nitrogens with zero attached hydrogens (tertiary/aromatic N) is 1. The molecule has 0 atom stereocenters. The summed E-state index contributed by atoms with van der Waals surface area (Å²) in [6.45, 7) is 1.46. The second-order valence-electron chi connectivity index (χ2n) is 5.67. The number of hydrogen-bond acceptors (Lipinski definition) is 4. The van der Waals surface area contributed by atoms with Gasteiger partial charge in [0.2, 0.25) is 11.8 Å². The number of thiazole rings is 1. The van der Waals surface area contributed by atoms with E-state index in [0.29, 0.717) is 10.2 Å². The quantitative estimate of drug-likeness (QED) is 0.590. The van der Waals surface area contributed by atoms with Crippen molar-refractivity contribution in [2.75, 3.05) is 10.6 Å². The highest BCUT2D eigenvalue weighted by Gasteiger charge is 2.07. The third-order valence-corrected chi connectivity index (χ3v) is 4.50. The summed E-state index contributed by atoms with van der Waals surface area (Å²) >= 11 is 7.27. The number of rotatable bonds is 5. The van der Waals surface area contributed by atoms with Gasteiger partial charge in [0.25, 0.3) is 0 Å². The Bertz CT molecular complexity index is 996. The van der Waals surface area contributed by atoms with Gasteiger partial charge in [0.05, 0.1) is 5.69 Å². The van der Waals surface area contributed by atoms with Crippen LogP contribution >= 0.6 is 22.9 Å². The predicted molar refractivity (Wildman–Crippen MR) is 111 cm³/mol. The van der Waals surface area contributed by atoms with Gasteiger partial charge in [0.15, 0.2) is 5.13 Å². The SMILES string of the molecule is CC(=O)Nc1ccc(-c2csc(NC(=O)/C=C/c3cccc(Cl)c3)n2)cc1. The summed E-state index contributed by atoms with van der Waals surface area (Å²) in [5.74, 6) is -0.385. The van der Waals surface area contributed by atoms with Crippen molar-refractivity contribution < 1.29 is 9.59 Å². The smallest absolute Gasteiger partial charge is 0.250 e. The molecule has 0 bridgehead atoms. The topological polar surface area (TPSA) is 71.1 Å². The maximum absolute atomic E-state index is 12.1. The average Bonchev–Trinajstić information content (AvgIpc) is 3.08. The van der Waals surface area contributed by atoms with E-state index in [1.54, 1.807) is 18.2 Å². The molecule has 3 aromatic rings. The van der Waals surface area contributed by atoms with Gasteiger partial charge in [0, 0.05) is 34.7 Å². The molecule has 0 saturated carbocycles. The van der Waals surface area contributed by atoms with Gasteiger partial charge in [-0.3, -0.25) is 14.9 Å². The first-order chi connectivity index (χ1) is 13.0. The molecule has 0 fully saturated rings. The van der Waals surface area contributed by atoms with Crippen LogP contribution in [-0.2, 0) is 9.59 Å². The van der Waals surface area contributed by atoms with Crippen molar-refractivity contribution in [3.63, 3.8) is 0 Å². The van der Waals surface area contributed by atoms with Crippen LogP contribution in [0.1, 0.15) is 12.5 Å².